The molecule has 1 aromatic heterocycles. The third-order valence-electron chi connectivity index (χ3n) is 3.68. The van der Waals surface area contributed by atoms with E-state index in [1.54, 1.807) is 0 Å². The molecule has 5 heteroatoms. The lowest BCUT2D eigenvalue weighted by molar-refractivity contribution is 0.231. The second-order valence-electron chi connectivity index (χ2n) is 5.00. The van der Waals surface area contributed by atoms with Crippen LogP contribution in [0, 0.1) is 0 Å². The van der Waals surface area contributed by atoms with Gasteiger partial charge < -0.3 is 5.32 Å². The minimum Gasteiger partial charge on any atom is -0.314 e. The number of aromatic nitrogens is 2. The van der Waals surface area contributed by atoms with E-state index < -0.39 is 0 Å². The van der Waals surface area contributed by atoms with Crippen LogP contribution in [0.15, 0.2) is 17.2 Å². The Kier molecular flexibility index (Phi) is 3.03. The zero-order valence-corrected chi connectivity index (χ0v) is 10.1. The summed E-state index contributed by atoms with van der Waals surface area (Å²) in [5, 5.41) is 3.34. The number of rotatable bonds is 4. The molecule has 0 spiro atoms. The van der Waals surface area contributed by atoms with Gasteiger partial charge >= 0.3 is 5.69 Å². The smallest absolute Gasteiger partial charge is 0.314 e. The van der Waals surface area contributed by atoms with E-state index in [1.165, 1.54) is 12.8 Å². The Labute approximate surface area is 101 Å². The van der Waals surface area contributed by atoms with E-state index in [0.29, 0.717) is 6.04 Å². The van der Waals surface area contributed by atoms with Crippen LogP contribution in [-0.2, 0) is 6.54 Å². The summed E-state index contributed by atoms with van der Waals surface area (Å²) < 4.78 is 3.73. The normalized spacial score (nSPS) is 21.9. The SMILES string of the molecule is O=c1n(CCN2CCNCC2)ccn1C1CC1. The van der Waals surface area contributed by atoms with Crippen molar-refractivity contribution >= 4 is 0 Å². The van der Waals surface area contributed by atoms with Crippen molar-refractivity contribution in [1.29, 1.82) is 0 Å². The van der Waals surface area contributed by atoms with E-state index in [2.05, 4.69) is 10.2 Å². The van der Waals surface area contributed by atoms with Crippen molar-refractivity contribution in [3.63, 3.8) is 0 Å². The fourth-order valence-corrected chi connectivity index (χ4v) is 2.41. The number of nitrogens with zero attached hydrogens (tertiary/aromatic N) is 3. The van der Waals surface area contributed by atoms with Crippen LogP contribution in [0.25, 0.3) is 0 Å². The molecule has 0 aromatic carbocycles. The second kappa shape index (κ2) is 4.66. The van der Waals surface area contributed by atoms with Crippen molar-refractivity contribution in [2.45, 2.75) is 25.4 Å². The van der Waals surface area contributed by atoms with Gasteiger partial charge in [0.2, 0.25) is 0 Å². The van der Waals surface area contributed by atoms with Gasteiger partial charge in [0.1, 0.15) is 0 Å². The molecule has 0 atom stereocenters. The molecular weight excluding hydrogens is 216 g/mol. The van der Waals surface area contributed by atoms with E-state index >= 15 is 0 Å². The second-order valence-corrected chi connectivity index (χ2v) is 5.00. The molecule has 2 heterocycles. The van der Waals surface area contributed by atoms with Gasteiger partial charge in [-0.05, 0) is 12.8 Å². The molecule has 2 aliphatic rings. The summed E-state index contributed by atoms with van der Waals surface area (Å²) in [6.07, 6.45) is 6.21. The Hall–Kier alpha value is -1.07. The van der Waals surface area contributed by atoms with Crippen LogP contribution >= 0.6 is 0 Å². The van der Waals surface area contributed by atoms with Crippen LogP contribution in [0.3, 0.4) is 0 Å². The maximum atomic E-state index is 12.0. The average molecular weight is 236 g/mol. The van der Waals surface area contributed by atoms with Gasteiger partial charge in [-0.15, -0.1) is 0 Å². The summed E-state index contributed by atoms with van der Waals surface area (Å²) in [6.45, 7) is 6.13. The van der Waals surface area contributed by atoms with E-state index in [-0.39, 0.29) is 5.69 Å². The highest BCUT2D eigenvalue weighted by Crippen LogP contribution is 2.33. The third-order valence-corrected chi connectivity index (χ3v) is 3.68. The van der Waals surface area contributed by atoms with Gasteiger partial charge in [0.15, 0.2) is 0 Å². The van der Waals surface area contributed by atoms with Crippen LogP contribution in [0.5, 0.6) is 0 Å². The molecule has 94 valence electrons. The third kappa shape index (κ3) is 2.45. The minimum atomic E-state index is 0.169. The first-order chi connectivity index (χ1) is 8.34. The minimum absolute atomic E-state index is 0.169. The molecule has 1 N–H and O–H groups in total. The molecule has 1 saturated carbocycles. The van der Waals surface area contributed by atoms with Crippen LogP contribution in [-0.4, -0.2) is 46.8 Å². The molecule has 1 aromatic rings. The van der Waals surface area contributed by atoms with Crippen molar-refractivity contribution in [1.82, 2.24) is 19.4 Å². The molecule has 0 amide bonds. The van der Waals surface area contributed by atoms with Gasteiger partial charge in [-0.3, -0.25) is 14.0 Å². The summed E-state index contributed by atoms with van der Waals surface area (Å²) in [4.78, 5) is 14.4. The van der Waals surface area contributed by atoms with Gasteiger partial charge in [-0.2, -0.15) is 0 Å². The highest BCUT2D eigenvalue weighted by Gasteiger charge is 2.25. The Morgan fingerprint density at radius 2 is 1.94 bits per heavy atom. The van der Waals surface area contributed by atoms with E-state index in [0.717, 1.165) is 39.3 Å². The predicted octanol–water partition coefficient (Wildman–Crippen LogP) is -0.110. The quantitative estimate of drug-likeness (QED) is 0.793. The van der Waals surface area contributed by atoms with Crippen LogP contribution in [0.2, 0.25) is 0 Å². The summed E-state index contributed by atoms with van der Waals surface area (Å²) in [6, 6.07) is 0.489. The fourth-order valence-electron chi connectivity index (χ4n) is 2.41. The average Bonchev–Trinajstić information content (AvgIpc) is 3.13. The number of imidazole rings is 1. The largest absolute Gasteiger partial charge is 0.328 e. The molecular formula is C12H20N4O. The first-order valence-corrected chi connectivity index (χ1v) is 6.55. The molecule has 1 aliphatic heterocycles. The lowest BCUT2D eigenvalue weighted by Crippen LogP contribution is -2.45. The Morgan fingerprint density at radius 3 is 2.65 bits per heavy atom. The maximum Gasteiger partial charge on any atom is 0.328 e. The predicted molar refractivity (Wildman–Crippen MR) is 66.3 cm³/mol. The van der Waals surface area contributed by atoms with Gasteiger partial charge in [0, 0.05) is 57.7 Å². The molecule has 1 saturated heterocycles. The van der Waals surface area contributed by atoms with Crippen molar-refractivity contribution in [2.24, 2.45) is 0 Å². The van der Waals surface area contributed by atoms with Gasteiger partial charge in [-0.1, -0.05) is 0 Å². The van der Waals surface area contributed by atoms with Crippen LogP contribution in [0.1, 0.15) is 18.9 Å². The summed E-state index contributed by atoms with van der Waals surface area (Å²) >= 11 is 0. The topological polar surface area (TPSA) is 42.2 Å². The lowest BCUT2D eigenvalue weighted by Gasteiger charge is -2.26. The molecule has 1 aliphatic carbocycles. The molecule has 0 bridgehead atoms. The molecule has 0 radical (unpaired) electrons. The Bertz CT molecular complexity index is 426. The number of piperazine rings is 1. The van der Waals surface area contributed by atoms with Crippen LogP contribution in [0.4, 0.5) is 0 Å². The molecule has 0 unspecified atom stereocenters. The number of nitrogens with one attached hydrogen (secondary N) is 1. The van der Waals surface area contributed by atoms with Crippen molar-refractivity contribution in [3.8, 4) is 0 Å². The highest BCUT2D eigenvalue weighted by atomic mass is 16.1. The number of hydrogen-bond donors (Lipinski definition) is 1. The maximum absolute atomic E-state index is 12.0. The highest BCUT2D eigenvalue weighted by molar-refractivity contribution is 4.91. The van der Waals surface area contributed by atoms with E-state index in [1.807, 2.05) is 21.5 Å². The first-order valence-electron chi connectivity index (χ1n) is 6.55. The monoisotopic (exact) mass is 236 g/mol. The lowest BCUT2D eigenvalue weighted by atomic mass is 10.3. The molecule has 3 rings (SSSR count). The summed E-state index contributed by atoms with van der Waals surface area (Å²) in [5.41, 5.74) is 0.169. The summed E-state index contributed by atoms with van der Waals surface area (Å²) in [5.74, 6) is 0. The summed E-state index contributed by atoms with van der Waals surface area (Å²) in [7, 11) is 0. The zero-order valence-electron chi connectivity index (χ0n) is 10.1. The zero-order chi connectivity index (χ0) is 11.7. The van der Waals surface area contributed by atoms with E-state index in [4.69, 9.17) is 0 Å². The molecule has 5 nitrogen and oxygen atoms in total. The Morgan fingerprint density at radius 1 is 1.18 bits per heavy atom. The van der Waals surface area contributed by atoms with Crippen molar-refractivity contribution < 1.29 is 0 Å². The van der Waals surface area contributed by atoms with Gasteiger partial charge in [0.25, 0.3) is 0 Å². The van der Waals surface area contributed by atoms with Crippen molar-refractivity contribution in [2.75, 3.05) is 32.7 Å². The standard InChI is InChI=1S/C12H20N4O/c17-12-15(9-10-16(12)11-1-2-11)8-7-14-5-3-13-4-6-14/h9-11,13H,1-8H2. The van der Waals surface area contributed by atoms with Crippen molar-refractivity contribution in [3.05, 3.63) is 22.9 Å². The van der Waals surface area contributed by atoms with Crippen LogP contribution < -0.4 is 11.0 Å². The molecule has 2 fully saturated rings. The van der Waals surface area contributed by atoms with Gasteiger partial charge in [0.05, 0.1) is 0 Å². The molecule has 17 heavy (non-hydrogen) atoms. The fraction of sp³-hybridized carbons (Fsp3) is 0.750. The Balaban J connectivity index is 1.59. The van der Waals surface area contributed by atoms with E-state index in [9.17, 15) is 4.79 Å². The first kappa shape index (κ1) is 11.0. The number of hydrogen-bond acceptors (Lipinski definition) is 3. The van der Waals surface area contributed by atoms with Gasteiger partial charge in [-0.25, -0.2) is 4.79 Å².